The zero-order chi connectivity index (χ0) is 19.9. The highest BCUT2D eigenvalue weighted by Crippen LogP contribution is 2.38. The summed E-state index contributed by atoms with van der Waals surface area (Å²) in [6.45, 7) is 0.853. The van der Waals surface area contributed by atoms with Crippen molar-refractivity contribution in [2.75, 3.05) is 27.9 Å². The number of likely N-dealkylation sites (tertiary alicyclic amines) is 1. The second kappa shape index (κ2) is 9.49. The minimum absolute atomic E-state index is 0.215. The first kappa shape index (κ1) is 20.1. The van der Waals surface area contributed by atoms with Crippen molar-refractivity contribution in [2.45, 2.75) is 38.1 Å². The summed E-state index contributed by atoms with van der Waals surface area (Å²) in [5, 5.41) is 0. The lowest BCUT2D eigenvalue weighted by atomic mass is 10.0. The Morgan fingerprint density at radius 2 is 1.68 bits per heavy atom. The van der Waals surface area contributed by atoms with Crippen molar-refractivity contribution in [3.05, 3.63) is 53.6 Å². The molecule has 0 spiro atoms. The molecule has 150 valence electrons. The number of carbonyl (C=O) groups excluding carboxylic acids is 1. The second-order valence-corrected chi connectivity index (χ2v) is 7.11. The van der Waals surface area contributed by atoms with E-state index < -0.39 is 0 Å². The molecule has 0 saturated carbocycles. The molecule has 2 aromatic carbocycles. The van der Waals surface area contributed by atoms with Gasteiger partial charge in [-0.2, -0.15) is 0 Å². The van der Waals surface area contributed by atoms with E-state index in [2.05, 4.69) is 29.2 Å². The Labute approximate surface area is 167 Å². The summed E-state index contributed by atoms with van der Waals surface area (Å²) in [4.78, 5) is 15.0. The van der Waals surface area contributed by atoms with Crippen LogP contribution in [0.15, 0.2) is 42.5 Å². The molecule has 0 N–H and O–H groups in total. The van der Waals surface area contributed by atoms with E-state index in [4.69, 9.17) is 14.2 Å². The molecular formula is C23H29NO4. The number of hydrogen-bond acceptors (Lipinski definition) is 4. The zero-order valence-corrected chi connectivity index (χ0v) is 16.9. The van der Waals surface area contributed by atoms with Gasteiger partial charge in [0.15, 0.2) is 11.5 Å². The minimum atomic E-state index is 0.215. The lowest BCUT2D eigenvalue weighted by Crippen LogP contribution is -2.36. The number of rotatable bonds is 8. The third-order valence-corrected chi connectivity index (χ3v) is 5.36. The smallest absolute Gasteiger partial charge is 0.223 e. The summed E-state index contributed by atoms with van der Waals surface area (Å²) in [6, 6.07) is 14.5. The van der Waals surface area contributed by atoms with Crippen molar-refractivity contribution in [1.82, 2.24) is 4.90 Å². The molecule has 0 aromatic heterocycles. The van der Waals surface area contributed by atoms with Gasteiger partial charge in [-0.05, 0) is 48.9 Å². The molecule has 0 bridgehead atoms. The van der Waals surface area contributed by atoms with E-state index in [9.17, 15) is 4.79 Å². The van der Waals surface area contributed by atoms with Crippen molar-refractivity contribution in [2.24, 2.45) is 0 Å². The Morgan fingerprint density at radius 3 is 2.29 bits per heavy atom. The van der Waals surface area contributed by atoms with Crippen LogP contribution in [0.1, 0.15) is 30.4 Å². The van der Waals surface area contributed by atoms with Crippen LogP contribution in [0.3, 0.4) is 0 Å². The molecule has 1 fully saturated rings. The zero-order valence-electron chi connectivity index (χ0n) is 16.9. The van der Waals surface area contributed by atoms with Gasteiger partial charge in [-0.1, -0.05) is 30.3 Å². The van der Waals surface area contributed by atoms with Gasteiger partial charge in [0.05, 0.1) is 21.3 Å². The van der Waals surface area contributed by atoms with Crippen LogP contribution in [0.4, 0.5) is 0 Å². The van der Waals surface area contributed by atoms with Gasteiger partial charge in [-0.3, -0.25) is 4.79 Å². The number of methoxy groups -OCH3 is 3. The molecule has 1 aliphatic heterocycles. The Morgan fingerprint density at radius 1 is 1.00 bits per heavy atom. The van der Waals surface area contributed by atoms with Crippen LogP contribution in [0.2, 0.25) is 0 Å². The SMILES string of the molecule is COc1cc(CCC(=O)N2CCCC2Cc2ccccc2)cc(OC)c1OC. The van der Waals surface area contributed by atoms with E-state index in [1.54, 1.807) is 21.3 Å². The highest BCUT2D eigenvalue weighted by molar-refractivity contribution is 5.77. The number of ether oxygens (including phenoxy) is 3. The molecule has 1 saturated heterocycles. The van der Waals surface area contributed by atoms with E-state index in [0.29, 0.717) is 36.1 Å². The molecule has 5 nitrogen and oxygen atoms in total. The monoisotopic (exact) mass is 383 g/mol. The summed E-state index contributed by atoms with van der Waals surface area (Å²) in [5.74, 6) is 2.02. The van der Waals surface area contributed by atoms with Gasteiger partial charge in [0.2, 0.25) is 11.7 Å². The summed E-state index contributed by atoms with van der Waals surface area (Å²) in [5.41, 5.74) is 2.29. The van der Waals surface area contributed by atoms with Crippen LogP contribution in [-0.2, 0) is 17.6 Å². The first-order valence-electron chi connectivity index (χ1n) is 9.78. The second-order valence-electron chi connectivity index (χ2n) is 7.11. The van der Waals surface area contributed by atoms with Crippen LogP contribution in [0.25, 0.3) is 0 Å². The number of nitrogens with zero attached hydrogens (tertiary/aromatic N) is 1. The molecule has 28 heavy (non-hydrogen) atoms. The van der Waals surface area contributed by atoms with E-state index in [1.165, 1.54) is 5.56 Å². The number of benzene rings is 2. The fraction of sp³-hybridized carbons (Fsp3) is 0.435. The van der Waals surface area contributed by atoms with Crippen molar-refractivity contribution in [3.8, 4) is 17.2 Å². The van der Waals surface area contributed by atoms with E-state index in [-0.39, 0.29) is 5.91 Å². The van der Waals surface area contributed by atoms with Gasteiger partial charge in [0, 0.05) is 19.0 Å². The summed E-state index contributed by atoms with van der Waals surface area (Å²) >= 11 is 0. The van der Waals surface area contributed by atoms with Crippen molar-refractivity contribution in [3.63, 3.8) is 0 Å². The standard InChI is InChI=1S/C23H29NO4/c1-26-20-15-18(16-21(27-2)23(20)28-3)11-12-22(25)24-13-7-10-19(24)14-17-8-5-4-6-9-17/h4-6,8-9,15-16,19H,7,10-14H2,1-3H3. The Hall–Kier alpha value is -2.69. The highest BCUT2D eigenvalue weighted by Gasteiger charge is 2.28. The van der Waals surface area contributed by atoms with E-state index in [1.807, 2.05) is 18.2 Å². The quantitative estimate of drug-likeness (QED) is 0.694. The van der Waals surface area contributed by atoms with Crippen LogP contribution in [0.5, 0.6) is 17.2 Å². The molecule has 1 atom stereocenters. The number of aryl methyl sites for hydroxylation is 1. The topological polar surface area (TPSA) is 48.0 Å². The van der Waals surface area contributed by atoms with Crippen LogP contribution >= 0.6 is 0 Å². The van der Waals surface area contributed by atoms with E-state index in [0.717, 1.165) is 31.4 Å². The molecule has 1 heterocycles. The fourth-order valence-corrected chi connectivity index (χ4v) is 3.94. The maximum atomic E-state index is 12.9. The van der Waals surface area contributed by atoms with Gasteiger partial charge < -0.3 is 19.1 Å². The highest BCUT2D eigenvalue weighted by atomic mass is 16.5. The van der Waals surface area contributed by atoms with Crippen LogP contribution < -0.4 is 14.2 Å². The minimum Gasteiger partial charge on any atom is -0.493 e. The maximum absolute atomic E-state index is 12.9. The molecule has 1 amide bonds. The molecular weight excluding hydrogens is 354 g/mol. The lowest BCUT2D eigenvalue weighted by molar-refractivity contribution is -0.131. The number of amides is 1. The predicted molar refractivity (Wildman–Crippen MR) is 109 cm³/mol. The third-order valence-electron chi connectivity index (χ3n) is 5.36. The predicted octanol–water partition coefficient (Wildman–Crippen LogP) is 3.88. The van der Waals surface area contributed by atoms with Gasteiger partial charge in [0.25, 0.3) is 0 Å². The van der Waals surface area contributed by atoms with Gasteiger partial charge >= 0.3 is 0 Å². The third kappa shape index (κ3) is 4.58. The lowest BCUT2D eigenvalue weighted by Gasteiger charge is -2.25. The molecule has 1 aliphatic rings. The number of hydrogen-bond donors (Lipinski definition) is 0. The first-order chi connectivity index (χ1) is 13.7. The fourth-order valence-electron chi connectivity index (χ4n) is 3.94. The molecule has 3 rings (SSSR count). The van der Waals surface area contributed by atoms with Crippen molar-refractivity contribution >= 4 is 5.91 Å². The summed E-state index contributed by atoms with van der Waals surface area (Å²) in [7, 11) is 4.79. The van der Waals surface area contributed by atoms with Crippen LogP contribution in [0, 0.1) is 0 Å². The van der Waals surface area contributed by atoms with Crippen LogP contribution in [-0.4, -0.2) is 44.7 Å². The summed E-state index contributed by atoms with van der Waals surface area (Å²) < 4.78 is 16.2. The van der Waals surface area contributed by atoms with Gasteiger partial charge in [-0.15, -0.1) is 0 Å². The Bertz CT molecular complexity index is 765. The molecule has 2 aromatic rings. The van der Waals surface area contributed by atoms with Crippen molar-refractivity contribution in [1.29, 1.82) is 0 Å². The average molecular weight is 383 g/mol. The van der Waals surface area contributed by atoms with E-state index >= 15 is 0 Å². The largest absolute Gasteiger partial charge is 0.493 e. The molecule has 1 unspecified atom stereocenters. The normalized spacial score (nSPS) is 16.1. The molecule has 5 heteroatoms. The molecule has 0 radical (unpaired) electrons. The Balaban J connectivity index is 1.64. The summed E-state index contributed by atoms with van der Waals surface area (Å²) in [6.07, 6.45) is 4.20. The Kier molecular flexibility index (Phi) is 6.80. The first-order valence-corrected chi connectivity index (χ1v) is 9.78. The average Bonchev–Trinajstić information content (AvgIpc) is 3.20. The maximum Gasteiger partial charge on any atom is 0.223 e. The molecule has 0 aliphatic carbocycles. The van der Waals surface area contributed by atoms with Gasteiger partial charge in [-0.25, -0.2) is 0 Å². The number of carbonyl (C=O) groups is 1. The van der Waals surface area contributed by atoms with Crippen molar-refractivity contribution < 1.29 is 19.0 Å². The van der Waals surface area contributed by atoms with Gasteiger partial charge in [0.1, 0.15) is 0 Å².